The number of methoxy groups -OCH3 is 2. The molecule has 0 bridgehead atoms. The highest BCUT2D eigenvalue weighted by Crippen LogP contribution is 2.38. The first-order chi connectivity index (χ1) is 13.1. The predicted molar refractivity (Wildman–Crippen MR) is 111 cm³/mol. The minimum absolute atomic E-state index is 0.300. The van der Waals surface area contributed by atoms with Gasteiger partial charge < -0.3 is 23.5 Å². The zero-order valence-corrected chi connectivity index (χ0v) is 17.9. The number of allylic oxidation sites excluding steroid dienone is 2. The minimum Gasteiger partial charge on any atom is -0.497 e. The Morgan fingerprint density at radius 2 is 1.68 bits per heavy atom. The van der Waals surface area contributed by atoms with Crippen molar-refractivity contribution in [3.05, 3.63) is 53.0 Å². The zero-order valence-electron chi connectivity index (χ0n) is 17.9. The Morgan fingerprint density at radius 1 is 1.11 bits per heavy atom. The van der Waals surface area contributed by atoms with Gasteiger partial charge in [-0.15, -0.1) is 0 Å². The van der Waals surface area contributed by atoms with E-state index in [0.717, 1.165) is 16.8 Å². The van der Waals surface area contributed by atoms with Gasteiger partial charge in [-0.25, -0.2) is 4.99 Å². The van der Waals surface area contributed by atoms with E-state index in [9.17, 15) is 0 Å². The molecular weight excluding hydrogens is 357 g/mol. The maximum atomic E-state index is 6.07. The third kappa shape index (κ3) is 4.97. The first-order valence-corrected chi connectivity index (χ1v) is 9.18. The van der Waals surface area contributed by atoms with Crippen LogP contribution in [0.15, 0.2) is 52.4 Å². The number of hydrogen-bond acceptors (Lipinski definition) is 6. The van der Waals surface area contributed by atoms with Crippen LogP contribution in [0.4, 0.5) is 0 Å². The van der Waals surface area contributed by atoms with Gasteiger partial charge in [0.2, 0.25) is 0 Å². The standard InChI is InChI=1S/C21H30BNO5/c1-15(22-27-20(2,3)21(4,5)28-22)13-18(25-8)19(23-6)26-14-16-9-11-17(24-7)12-10-16/h9-13H,6,14H2,1-5,7-8H3/b15-13+,19-18-. The van der Waals surface area contributed by atoms with Crippen molar-refractivity contribution in [3.63, 3.8) is 0 Å². The number of ether oxygens (including phenoxy) is 3. The second-order valence-corrected chi connectivity index (χ2v) is 7.64. The molecule has 0 N–H and O–H groups in total. The zero-order chi connectivity index (χ0) is 20.9. The quantitative estimate of drug-likeness (QED) is 0.288. The second-order valence-electron chi connectivity index (χ2n) is 7.64. The van der Waals surface area contributed by atoms with Crippen LogP contribution < -0.4 is 4.74 Å². The van der Waals surface area contributed by atoms with E-state index in [1.54, 1.807) is 20.3 Å². The Bertz CT molecular complexity index is 737. The molecule has 0 amide bonds. The van der Waals surface area contributed by atoms with E-state index >= 15 is 0 Å². The van der Waals surface area contributed by atoms with E-state index in [1.807, 2.05) is 58.9 Å². The lowest BCUT2D eigenvalue weighted by Crippen LogP contribution is -2.41. The molecule has 0 aromatic heterocycles. The lowest BCUT2D eigenvalue weighted by molar-refractivity contribution is 0.00578. The smallest absolute Gasteiger partial charge is 0.490 e. The van der Waals surface area contributed by atoms with E-state index in [4.69, 9.17) is 23.5 Å². The minimum atomic E-state index is -0.470. The molecule has 152 valence electrons. The predicted octanol–water partition coefficient (Wildman–Crippen LogP) is 4.31. The van der Waals surface area contributed by atoms with Gasteiger partial charge >= 0.3 is 7.12 Å². The Labute approximate surface area is 168 Å². The summed E-state index contributed by atoms with van der Waals surface area (Å²) in [5.74, 6) is 1.55. The molecule has 7 heteroatoms. The van der Waals surface area contributed by atoms with E-state index < -0.39 is 18.3 Å². The van der Waals surface area contributed by atoms with Crippen LogP contribution >= 0.6 is 0 Å². The van der Waals surface area contributed by atoms with Gasteiger partial charge in [0.05, 0.1) is 25.4 Å². The van der Waals surface area contributed by atoms with Gasteiger partial charge in [-0.3, -0.25) is 0 Å². The van der Waals surface area contributed by atoms with Crippen LogP contribution in [0.2, 0.25) is 0 Å². The van der Waals surface area contributed by atoms with Crippen LogP contribution in [0.3, 0.4) is 0 Å². The molecule has 0 aliphatic carbocycles. The van der Waals surface area contributed by atoms with Crippen LogP contribution in [-0.4, -0.2) is 39.3 Å². The van der Waals surface area contributed by atoms with Crippen molar-refractivity contribution in [2.75, 3.05) is 14.2 Å². The summed E-state index contributed by atoms with van der Waals surface area (Å²) in [7, 11) is 2.72. The van der Waals surface area contributed by atoms with E-state index in [2.05, 4.69) is 11.7 Å². The molecule has 1 saturated heterocycles. The van der Waals surface area contributed by atoms with Crippen LogP contribution in [0.5, 0.6) is 5.75 Å². The first-order valence-electron chi connectivity index (χ1n) is 9.18. The SMILES string of the molecule is C=N/C(OCc1ccc(OC)cc1)=C(\C=C(/C)B1OC(C)(C)C(C)(C)O1)OC. The number of nitrogens with zero attached hydrogens (tertiary/aromatic N) is 1. The molecule has 0 saturated carbocycles. The molecule has 0 atom stereocenters. The largest absolute Gasteiger partial charge is 0.497 e. The maximum Gasteiger partial charge on any atom is 0.490 e. The lowest BCUT2D eigenvalue weighted by Gasteiger charge is -2.32. The molecule has 1 aromatic rings. The van der Waals surface area contributed by atoms with Crippen LogP contribution in [0.25, 0.3) is 0 Å². The Kier molecular flexibility index (Phi) is 6.96. The average Bonchev–Trinajstić information content (AvgIpc) is 2.89. The normalized spacial score (nSPS) is 19.1. The summed E-state index contributed by atoms with van der Waals surface area (Å²) >= 11 is 0. The molecule has 1 fully saturated rings. The third-order valence-electron chi connectivity index (χ3n) is 5.09. The molecule has 6 nitrogen and oxygen atoms in total. The van der Waals surface area contributed by atoms with Crippen molar-refractivity contribution in [2.45, 2.75) is 52.4 Å². The summed E-state index contributed by atoms with van der Waals surface area (Å²) in [4.78, 5) is 3.98. The van der Waals surface area contributed by atoms with E-state index in [-0.39, 0.29) is 0 Å². The van der Waals surface area contributed by atoms with Crippen molar-refractivity contribution in [3.8, 4) is 5.75 Å². The molecule has 1 heterocycles. The summed E-state index contributed by atoms with van der Waals surface area (Å²) in [6.07, 6.45) is 1.81. The van der Waals surface area contributed by atoms with Gasteiger partial charge in [0.25, 0.3) is 5.88 Å². The topological polar surface area (TPSA) is 58.5 Å². The highest BCUT2D eigenvalue weighted by molar-refractivity contribution is 6.54. The van der Waals surface area contributed by atoms with Crippen molar-refractivity contribution < 1.29 is 23.5 Å². The van der Waals surface area contributed by atoms with E-state index in [0.29, 0.717) is 18.2 Å². The number of benzene rings is 1. The van der Waals surface area contributed by atoms with E-state index in [1.165, 1.54) is 0 Å². The highest BCUT2D eigenvalue weighted by Gasteiger charge is 2.51. The molecule has 1 aliphatic rings. The fraction of sp³-hybridized carbons (Fsp3) is 0.476. The van der Waals surface area contributed by atoms with Crippen molar-refractivity contribution in [1.82, 2.24) is 0 Å². The van der Waals surface area contributed by atoms with Crippen LogP contribution in [0.1, 0.15) is 40.2 Å². The van der Waals surface area contributed by atoms with Gasteiger partial charge in [0.15, 0.2) is 5.76 Å². The Balaban J connectivity index is 2.15. The first kappa shape index (κ1) is 22.0. The molecule has 28 heavy (non-hydrogen) atoms. The van der Waals surface area contributed by atoms with Gasteiger partial charge in [0, 0.05) is 0 Å². The molecule has 2 rings (SSSR count). The van der Waals surface area contributed by atoms with Gasteiger partial charge in [0.1, 0.15) is 12.4 Å². The monoisotopic (exact) mass is 387 g/mol. The highest BCUT2D eigenvalue weighted by atomic mass is 16.7. The summed E-state index contributed by atoms with van der Waals surface area (Å²) in [6, 6.07) is 7.61. The second kappa shape index (κ2) is 8.84. The molecule has 1 aromatic carbocycles. The van der Waals surface area contributed by atoms with Crippen LogP contribution in [-0.2, 0) is 25.4 Å². The Morgan fingerprint density at radius 3 is 2.14 bits per heavy atom. The van der Waals surface area contributed by atoms with Gasteiger partial charge in [-0.2, -0.15) is 0 Å². The summed E-state index contributed by atoms with van der Waals surface area (Å²) in [5.41, 5.74) is 1.01. The maximum absolute atomic E-state index is 6.07. The average molecular weight is 387 g/mol. The number of hydrogen-bond donors (Lipinski definition) is 0. The summed E-state index contributed by atoms with van der Waals surface area (Å²) in [5, 5.41) is 0. The summed E-state index contributed by atoms with van der Waals surface area (Å²) < 4.78 is 28.6. The van der Waals surface area contributed by atoms with Crippen molar-refractivity contribution in [2.24, 2.45) is 4.99 Å². The molecular formula is C21H30BNO5. The number of rotatable bonds is 8. The molecule has 1 aliphatic heterocycles. The number of aliphatic imine (C=N–C) groups is 1. The molecule has 0 radical (unpaired) electrons. The lowest BCUT2D eigenvalue weighted by atomic mass is 9.79. The van der Waals surface area contributed by atoms with Crippen LogP contribution in [0, 0.1) is 0 Å². The molecule has 0 spiro atoms. The van der Waals surface area contributed by atoms with Gasteiger partial charge in [-0.1, -0.05) is 12.1 Å². The summed E-state index contributed by atoms with van der Waals surface area (Å²) in [6.45, 7) is 13.9. The Hall–Kier alpha value is -2.25. The third-order valence-corrected chi connectivity index (χ3v) is 5.09. The molecule has 0 unspecified atom stereocenters. The fourth-order valence-corrected chi connectivity index (χ4v) is 2.58. The van der Waals surface area contributed by atoms with Gasteiger partial charge in [-0.05, 0) is 70.6 Å². The fourth-order valence-electron chi connectivity index (χ4n) is 2.58. The van der Waals surface area contributed by atoms with Crippen molar-refractivity contribution in [1.29, 1.82) is 0 Å². The van der Waals surface area contributed by atoms with Crippen molar-refractivity contribution >= 4 is 13.8 Å².